The van der Waals surface area contributed by atoms with E-state index >= 15 is 4.39 Å². The third kappa shape index (κ3) is 4.08. The first-order chi connectivity index (χ1) is 16.2. The van der Waals surface area contributed by atoms with Gasteiger partial charge in [0.1, 0.15) is 18.0 Å². The molecule has 2 unspecified atom stereocenters. The first-order valence-corrected chi connectivity index (χ1v) is 12.2. The van der Waals surface area contributed by atoms with E-state index in [2.05, 4.69) is 49.4 Å². The lowest BCUT2D eigenvalue weighted by atomic mass is 10.0. The predicted octanol–water partition coefficient (Wildman–Crippen LogP) is 5.44. The molecule has 3 aliphatic heterocycles. The Morgan fingerprint density at radius 3 is 2.58 bits per heavy atom. The fourth-order valence-electron chi connectivity index (χ4n) is 5.93. The maximum absolute atomic E-state index is 15.2. The molecular weight excluding hydrogens is 413 g/mol. The van der Waals surface area contributed by atoms with E-state index in [1.165, 1.54) is 37.7 Å². The SMILES string of the molecule is Fc1cc(Nc2ncnc3c2CCN(Cc2ccccc2)C3)ccc1N1C2CCCC1CC2. The number of fused-ring (bicyclic) bond motifs is 3. The molecule has 0 spiro atoms. The molecule has 2 aromatic carbocycles. The molecule has 33 heavy (non-hydrogen) atoms. The number of hydrogen-bond acceptors (Lipinski definition) is 5. The van der Waals surface area contributed by atoms with Crippen molar-refractivity contribution >= 4 is 17.2 Å². The van der Waals surface area contributed by atoms with Crippen LogP contribution in [0.5, 0.6) is 0 Å². The van der Waals surface area contributed by atoms with Crippen LogP contribution in [0.3, 0.4) is 0 Å². The molecule has 6 rings (SSSR count). The maximum Gasteiger partial charge on any atom is 0.148 e. The number of piperidine rings is 1. The van der Waals surface area contributed by atoms with Crippen LogP contribution in [0.25, 0.3) is 0 Å². The van der Waals surface area contributed by atoms with Gasteiger partial charge in [-0.15, -0.1) is 0 Å². The molecule has 6 heteroatoms. The number of benzene rings is 2. The maximum atomic E-state index is 15.2. The summed E-state index contributed by atoms with van der Waals surface area (Å²) in [5.74, 6) is 0.653. The average molecular weight is 444 g/mol. The lowest BCUT2D eigenvalue weighted by molar-refractivity contribution is 0.241. The molecule has 170 valence electrons. The van der Waals surface area contributed by atoms with Crippen LogP contribution in [0.1, 0.15) is 48.9 Å². The largest absolute Gasteiger partial charge is 0.363 e. The molecule has 0 radical (unpaired) electrons. The normalized spacial score (nSPS) is 22.3. The van der Waals surface area contributed by atoms with Crippen molar-refractivity contribution in [3.05, 3.63) is 77.5 Å². The summed E-state index contributed by atoms with van der Waals surface area (Å²) in [5.41, 5.74) is 5.00. The third-order valence-electron chi connectivity index (χ3n) is 7.52. The van der Waals surface area contributed by atoms with Gasteiger partial charge in [-0.3, -0.25) is 4.90 Å². The zero-order valence-electron chi connectivity index (χ0n) is 18.9. The van der Waals surface area contributed by atoms with Gasteiger partial charge in [0.15, 0.2) is 0 Å². The zero-order chi connectivity index (χ0) is 22.2. The number of hydrogen-bond donors (Lipinski definition) is 1. The van der Waals surface area contributed by atoms with E-state index in [1.54, 1.807) is 12.4 Å². The number of aromatic nitrogens is 2. The van der Waals surface area contributed by atoms with Gasteiger partial charge in [-0.1, -0.05) is 30.3 Å². The summed E-state index contributed by atoms with van der Waals surface area (Å²) in [5, 5.41) is 3.38. The summed E-state index contributed by atoms with van der Waals surface area (Å²) < 4.78 is 15.2. The molecule has 1 aromatic heterocycles. The van der Waals surface area contributed by atoms with Crippen molar-refractivity contribution in [3.63, 3.8) is 0 Å². The Kier molecular flexibility index (Phi) is 5.46. The molecule has 2 saturated heterocycles. The van der Waals surface area contributed by atoms with Gasteiger partial charge in [0, 0.05) is 43.0 Å². The van der Waals surface area contributed by atoms with Gasteiger partial charge in [0.25, 0.3) is 0 Å². The first kappa shape index (κ1) is 20.6. The van der Waals surface area contributed by atoms with Crippen molar-refractivity contribution < 1.29 is 4.39 Å². The predicted molar refractivity (Wildman–Crippen MR) is 129 cm³/mol. The first-order valence-electron chi connectivity index (χ1n) is 12.2. The average Bonchev–Trinajstić information content (AvgIpc) is 3.07. The number of nitrogens with one attached hydrogen (secondary N) is 1. The second-order valence-corrected chi connectivity index (χ2v) is 9.61. The summed E-state index contributed by atoms with van der Waals surface area (Å²) in [7, 11) is 0. The minimum Gasteiger partial charge on any atom is -0.363 e. The molecule has 1 N–H and O–H groups in total. The van der Waals surface area contributed by atoms with Crippen LogP contribution in [-0.2, 0) is 19.5 Å². The molecule has 0 saturated carbocycles. The Balaban J connectivity index is 1.18. The molecule has 3 aromatic rings. The van der Waals surface area contributed by atoms with E-state index < -0.39 is 0 Å². The Hall–Kier alpha value is -2.99. The van der Waals surface area contributed by atoms with Crippen LogP contribution in [0.15, 0.2) is 54.9 Å². The second kappa shape index (κ2) is 8.75. The van der Waals surface area contributed by atoms with Crippen LogP contribution in [0.2, 0.25) is 0 Å². The van der Waals surface area contributed by atoms with Crippen LogP contribution in [0.4, 0.5) is 21.6 Å². The van der Waals surface area contributed by atoms with Gasteiger partial charge in [-0.05, 0) is 62.3 Å². The molecule has 2 atom stereocenters. The van der Waals surface area contributed by atoms with Crippen LogP contribution < -0.4 is 10.2 Å². The molecule has 2 fully saturated rings. The minimum absolute atomic E-state index is 0.143. The fraction of sp³-hybridized carbons (Fsp3) is 0.407. The van der Waals surface area contributed by atoms with Gasteiger partial charge >= 0.3 is 0 Å². The molecule has 2 bridgehead atoms. The Labute approximate surface area is 194 Å². The molecule has 5 nitrogen and oxygen atoms in total. The highest BCUT2D eigenvalue weighted by molar-refractivity contribution is 5.64. The van der Waals surface area contributed by atoms with E-state index in [0.717, 1.165) is 54.5 Å². The molecule has 0 amide bonds. The van der Waals surface area contributed by atoms with E-state index in [1.807, 2.05) is 18.2 Å². The van der Waals surface area contributed by atoms with Gasteiger partial charge in [0.05, 0.1) is 11.4 Å². The molecule has 0 aliphatic carbocycles. The van der Waals surface area contributed by atoms with Crippen molar-refractivity contribution in [2.75, 3.05) is 16.8 Å². The number of rotatable bonds is 5. The van der Waals surface area contributed by atoms with E-state index in [0.29, 0.717) is 12.1 Å². The Morgan fingerprint density at radius 2 is 1.79 bits per heavy atom. The second-order valence-electron chi connectivity index (χ2n) is 9.61. The van der Waals surface area contributed by atoms with E-state index in [4.69, 9.17) is 0 Å². The van der Waals surface area contributed by atoms with Crippen molar-refractivity contribution in [1.29, 1.82) is 0 Å². The van der Waals surface area contributed by atoms with Gasteiger partial charge < -0.3 is 10.2 Å². The topological polar surface area (TPSA) is 44.3 Å². The van der Waals surface area contributed by atoms with E-state index in [-0.39, 0.29) is 5.82 Å². The van der Waals surface area contributed by atoms with Crippen molar-refractivity contribution in [1.82, 2.24) is 14.9 Å². The summed E-state index contributed by atoms with van der Waals surface area (Å²) in [6.07, 6.45) is 8.52. The summed E-state index contributed by atoms with van der Waals surface area (Å²) in [6, 6.07) is 17.1. The van der Waals surface area contributed by atoms with Gasteiger partial charge in [-0.25, -0.2) is 14.4 Å². The Bertz CT molecular complexity index is 1120. The highest BCUT2D eigenvalue weighted by Gasteiger charge is 2.37. The monoisotopic (exact) mass is 443 g/mol. The summed E-state index contributed by atoms with van der Waals surface area (Å²) >= 11 is 0. The standard InChI is InChI=1S/C27H30FN5/c28-24-15-20(9-12-26(24)33-21-7-4-8-22(33)11-10-21)31-27-23-13-14-32(17-25(23)29-18-30-27)16-19-5-2-1-3-6-19/h1-3,5-6,9,12,15,18,21-22H,4,7-8,10-11,13-14,16-17H2,(H,29,30,31). The molecule has 3 aliphatic rings. The van der Waals surface area contributed by atoms with E-state index in [9.17, 15) is 0 Å². The highest BCUT2D eigenvalue weighted by atomic mass is 19.1. The fourth-order valence-corrected chi connectivity index (χ4v) is 5.93. The molecular formula is C27H30FN5. The van der Waals surface area contributed by atoms with Gasteiger partial charge in [-0.2, -0.15) is 0 Å². The Morgan fingerprint density at radius 1 is 0.970 bits per heavy atom. The van der Waals surface area contributed by atoms with Gasteiger partial charge in [0.2, 0.25) is 0 Å². The number of halogens is 1. The summed E-state index contributed by atoms with van der Waals surface area (Å²) in [6.45, 7) is 2.67. The molecule has 4 heterocycles. The van der Waals surface area contributed by atoms with Crippen molar-refractivity contribution in [2.45, 2.75) is 63.7 Å². The number of anilines is 3. The summed E-state index contributed by atoms with van der Waals surface area (Å²) in [4.78, 5) is 13.8. The van der Waals surface area contributed by atoms with Crippen LogP contribution in [-0.4, -0.2) is 33.5 Å². The third-order valence-corrected chi connectivity index (χ3v) is 7.52. The number of nitrogens with zero attached hydrogens (tertiary/aromatic N) is 4. The van der Waals surface area contributed by atoms with Crippen molar-refractivity contribution in [3.8, 4) is 0 Å². The smallest absolute Gasteiger partial charge is 0.148 e. The lowest BCUT2D eigenvalue weighted by Crippen LogP contribution is -2.40. The van der Waals surface area contributed by atoms with Crippen LogP contribution in [0, 0.1) is 5.82 Å². The van der Waals surface area contributed by atoms with Crippen molar-refractivity contribution in [2.24, 2.45) is 0 Å². The minimum atomic E-state index is -0.143. The van der Waals surface area contributed by atoms with Crippen LogP contribution >= 0.6 is 0 Å². The quantitative estimate of drug-likeness (QED) is 0.569. The lowest BCUT2D eigenvalue weighted by Gasteiger charge is -2.37. The zero-order valence-corrected chi connectivity index (χ0v) is 18.9. The highest BCUT2D eigenvalue weighted by Crippen LogP contribution is 2.40.